The van der Waals surface area contributed by atoms with Gasteiger partial charge in [-0.3, -0.25) is 0 Å². The number of carbonyl (C=O) groups excluding carboxylic acids is 1. The summed E-state index contributed by atoms with van der Waals surface area (Å²) in [4.78, 5) is 14.4. The Hall–Kier alpha value is -1.57. The van der Waals surface area contributed by atoms with Gasteiger partial charge < -0.3 is 0 Å². The maximum absolute atomic E-state index is 12.3. The van der Waals surface area contributed by atoms with Crippen LogP contribution in [-0.4, -0.2) is 42.5 Å². The molecule has 0 bridgehead atoms. The molecule has 0 saturated carbocycles. The first-order chi connectivity index (χ1) is 12.7. The quantitative estimate of drug-likeness (QED) is 0.240. The molecule has 0 aromatic heterocycles. The van der Waals surface area contributed by atoms with Crippen molar-refractivity contribution in [3.05, 3.63) is 82.9 Å². The first kappa shape index (κ1) is 20.7. The van der Waals surface area contributed by atoms with E-state index in [1.54, 1.807) is 0 Å². The van der Waals surface area contributed by atoms with Crippen molar-refractivity contribution in [1.29, 1.82) is 0 Å². The minimum atomic E-state index is -0.188. The molecule has 2 nitrogen and oxygen atoms in total. The van der Waals surface area contributed by atoms with E-state index in [0.717, 1.165) is 10.9 Å². The van der Waals surface area contributed by atoms with E-state index in [4.69, 9.17) is 4.74 Å². The van der Waals surface area contributed by atoms with Crippen molar-refractivity contribution < 1.29 is 9.53 Å². The van der Waals surface area contributed by atoms with Crippen LogP contribution in [0.5, 0.6) is 0 Å². The van der Waals surface area contributed by atoms with E-state index in [2.05, 4.69) is 54.4 Å². The van der Waals surface area contributed by atoms with Crippen molar-refractivity contribution in [3.63, 3.8) is 0 Å². The fraction of sp³-hybridized carbons (Fsp3) is 0.227. The van der Waals surface area contributed by atoms with Crippen molar-refractivity contribution in [1.82, 2.24) is 0 Å². The summed E-state index contributed by atoms with van der Waals surface area (Å²) in [6, 6.07) is 20.8. The molecular weight excluding hydrogens is 454 g/mol. The van der Waals surface area contributed by atoms with Crippen LogP contribution in [0.15, 0.2) is 82.9 Å². The van der Waals surface area contributed by atoms with Crippen molar-refractivity contribution in [3.8, 4) is 0 Å². The standard InChI is InChI=1S/C22H24O2Se2/c1-3-24-22(23)19(17-26-21-12-8-5-9-13-21)16-18(2)14-15-25-20-10-6-4-7-11-20/h4-14,17H,3,15-16H2,1-2H3/b18-14+,19-17-. The van der Waals surface area contributed by atoms with Crippen molar-refractivity contribution in [2.75, 3.05) is 6.61 Å². The molecule has 26 heavy (non-hydrogen) atoms. The molecule has 0 N–H and O–H groups in total. The summed E-state index contributed by atoms with van der Waals surface area (Å²) < 4.78 is 7.91. The number of esters is 1. The van der Waals surface area contributed by atoms with Gasteiger partial charge in [-0.2, -0.15) is 0 Å². The fourth-order valence-corrected chi connectivity index (χ4v) is 5.72. The van der Waals surface area contributed by atoms with Crippen LogP contribution < -0.4 is 8.92 Å². The second kappa shape index (κ2) is 11.9. The Bertz CT molecular complexity index is 737. The molecule has 2 aromatic rings. The number of hydrogen-bond acceptors (Lipinski definition) is 2. The summed E-state index contributed by atoms with van der Waals surface area (Å²) in [6.45, 7) is 4.36. The monoisotopic (exact) mass is 480 g/mol. The van der Waals surface area contributed by atoms with Crippen LogP contribution >= 0.6 is 0 Å². The molecule has 0 radical (unpaired) electrons. The van der Waals surface area contributed by atoms with Gasteiger partial charge in [0.2, 0.25) is 0 Å². The van der Waals surface area contributed by atoms with Gasteiger partial charge in [0.05, 0.1) is 0 Å². The van der Waals surface area contributed by atoms with Gasteiger partial charge in [0.1, 0.15) is 0 Å². The third-order valence-electron chi connectivity index (χ3n) is 3.51. The minimum absolute atomic E-state index is 0.137. The van der Waals surface area contributed by atoms with Gasteiger partial charge in [-0.05, 0) is 0 Å². The zero-order valence-corrected chi connectivity index (χ0v) is 18.6. The molecule has 4 heteroatoms. The van der Waals surface area contributed by atoms with Crippen LogP contribution in [0.2, 0.25) is 5.32 Å². The Kier molecular flexibility index (Phi) is 9.52. The van der Waals surface area contributed by atoms with Crippen LogP contribution in [0.1, 0.15) is 20.3 Å². The number of rotatable bonds is 9. The van der Waals surface area contributed by atoms with Gasteiger partial charge in [-0.15, -0.1) is 0 Å². The van der Waals surface area contributed by atoms with Crippen LogP contribution in [-0.2, 0) is 9.53 Å². The summed E-state index contributed by atoms with van der Waals surface area (Å²) in [6.07, 6.45) is 2.92. The summed E-state index contributed by atoms with van der Waals surface area (Å²) in [5.41, 5.74) is 2.00. The second-order valence-corrected chi connectivity index (χ2v) is 9.92. The Balaban J connectivity index is 1.98. The Morgan fingerprint density at radius 3 is 2.23 bits per heavy atom. The predicted molar refractivity (Wildman–Crippen MR) is 112 cm³/mol. The number of ether oxygens (including phenoxy) is 1. The molecule has 0 saturated heterocycles. The SMILES string of the molecule is CCOC(=O)/C(=C\[Se]c1ccccc1)C/C(C)=C/C[Se]c1ccccc1. The molecule has 0 atom stereocenters. The van der Waals surface area contributed by atoms with E-state index in [1.807, 2.05) is 31.2 Å². The molecule has 0 fully saturated rings. The maximum atomic E-state index is 12.3. The first-order valence-electron chi connectivity index (χ1n) is 8.60. The Morgan fingerprint density at radius 1 is 1.00 bits per heavy atom. The van der Waals surface area contributed by atoms with Crippen LogP contribution in [0, 0.1) is 0 Å². The van der Waals surface area contributed by atoms with Crippen molar-refractivity contribution in [2.45, 2.75) is 25.6 Å². The number of hydrogen-bond donors (Lipinski definition) is 0. The van der Waals surface area contributed by atoms with Gasteiger partial charge in [-0.1, -0.05) is 0 Å². The molecular formula is C22H24O2Se2. The van der Waals surface area contributed by atoms with Crippen LogP contribution in [0.3, 0.4) is 0 Å². The van der Waals surface area contributed by atoms with E-state index in [9.17, 15) is 4.79 Å². The topological polar surface area (TPSA) is 26.3 Å². The Labute approximate surface area is 169 Å². The number of allylic oxidation sites excluding steroid dienone is 2. The Morgan fingerprint density at radius 2 is 1.62 bits per heavy atom. The predicted octanol–water partition coefficient (Wildman–Crippen LogP) is 3.25. The molecule has 0 aliphatic rings. The van der Waals surface area contributed by atoms with Gasteiger partial charge >= 0.3 is 169 Å². The summed E-state index contributed by atoms with van der Waals surface area (Å²) >= 11 is 0.571. The van der Waals surface area contributed by atoms with Gasteiger partial charge in [0.15, 0.2) is 0 Å². The third kappa shape index (κ3) is 7.76. The first-order valence-corrected chi connectivity index (χ1v) is 12.5. The summed E-state index contributed by atoms with van der Waals surface area (Å²) in [7, 11) is 0. The average Bonchev–Trinajstić information content (AvgIpc) is 2.67. The van der Waals surface area contributed by atoms with E-state index < -0.39 is 0 Å². The summed E-state index contributed by atoms with van der Waals surface area (Å²) in [5.74, 6) is -0.188. The zero-order valence-electron chi connectivity index (χ0n) is 15.2. The second-order valence-electron chi connectivity index (χ2n) is 5.65. The van der Waals surface area contributed by atoms with Crippen LogP contribution in [0.25, 0.3) is 0 Å². The van der Waals surface area contributed by atoms with E-state index in [0.29, 0.717) is 28.0 Å². The number of benzene rings is 2. The van der Waals surface area contributed by atoms with Gasteiger partial charge in [0.25, 0.3) is 0 Å². The summed E-state index contributed by atoms with van der Waals surface area (Å²) in [5, 5.41) is 1.04. The molecule has 0 heterocycles. The van der Waals surface area contributed by atoms with Crippen molar-refractivity contribution in [2.24, 2.45) is 0 Å². The molecule has 0 amide bonds. The molecule has 0 unspecified atom stereocenters. The van der Waals surface area contributed by atoms with Crippen molar-refractivity contribution >= 4 is 44.8 Å². The van der Waals surface area contributed by atoms with E-state index >= 15 is 0 Å². The van der Waals surface area contributed by atoms with E-state index in [-0.39, 0.29) is 20.9 Å². The molecule has 2 rings (SSSR count). The van der Waals surface area contributed by atoms with E-state index in [1.165, 1.54) is 14.5 Å². The van der Waals surface area contributed by atoms with Crippen LogP contribution in [0.4, 0.5) is 0 Å². The third-order valence-corrected chi connectivity index (χ3v) is 7.47. The molecule has 0 spiro atoms. The zero-order chi connectivity index (χ0) is 18.6. The number of carbonyl (C=O) groups is 1. The molecule has 136 valence electrons. The molecule has 2 aromatic carbocycles. The molecule has 0 aliphatic heterocycles. The van der Waals surface area contributed by atoms with Gasteiger partial charge in [0, 0.05) is 0 Å². The normalized spacial score (nSPS) is 12.1. The fourth-order valence-electron chi connectivity index (χ4n) is 2.19. The van der Waals surface area contributed by atoms with Gasteiger partial charge in [-0.25, -0.2) is 0 Å². The molecule has 0 aliphatic carbocycles. The average molecular weight is 478 g/mol.